The highest BCUT2D eigenvalue weighted by atomic mass is 32.1. The lowest BCUT2D eigenvalue weighted by molar-refractivity contribution is -0.123. The van der Waals surface area contributed by atoms with Gasteiger partial charge in [0, 0.05) is 10.9 Å². The summed E-state index contributed by atoms with van der Waals surface area (Å²) in [6.45, 7) is 1.46. The van der Waals surface area contributed by atoms with Crippen LogP contribution in [0.4, 0.5) is 9.52 Å². The second-order valence-corrected chi connectivity index (χ2v) is 6.31. The zero-order valence-electron chi connectivity index (χ0n) is 13.8. The summed E-state index contributed by atoms with van der Waals surface area (Å²) < 4.78 is 18.0. The first-order chi connectivity index (χ1) is 12.5. The average molecular weight is 370 g/mol. The van der Waals surface area contributed by atoms with Gasteiger partial charge in [0.05, 0.1) is 11.3 Å². The molecule has 5 nitrogen and oxygen atoms in total. The van der Waals surface area contributed by atoms with Crippen LogP contribution >= 0.6 is 11.3 Å². The molecule has 3 rings (SSSR count). The van der Waals surface area contributed by atoms with Gasteiger partial charge in [0.1, 0.15) is 5.82 Å². The van der Waals surface area contributed by atoms with Gasteiger partial charge in [-0.05, 0) is 31.2 Å². The predicted octanol–water partition coefficient (Wildman–Crippen LogP) is 4.13. The molecule has 0 fully saturated rings. The summed E-state index contributed by atoms with van der Waals surface area (Å²) in [5, 5.41) is 4.88. The molecule has 1 heterocycles. The lowest BCUT2D eigenvalue weighted by Gasteiger charge is -2.12. The van der Waals surface area contributed by atoms with Crippen molar-refractivity contribution in [2.75, 3.05) is 5.32 Å². The van der Waals surface area contributed by atoms with Crippen LogP contribution in [0.5, 0.6) is 0 Å². The number of carbonyl (C=O) groups excluding carboxylic acids is 2. The normalized spacial score (nSPS) is 11.6. The highest BCUT2D eigenvalue weighted by Crippen LogP contribution is 2.24. The molecule has 7 heteroatoms. The monoisotopic (exact) mass is 370 g/mol. The van der Waals surface area contributed by atoms with E-state index < -0.39 is 23.8 Å². The van der Waals surface area contributed by atoms with Gasteiger partial charge >= 0.3 is 5.97 Å². The fraction of sp³-hybridized carbons (Fsp3) is 0.105. The quantitative estimate of drug-likeness (QED) is 0.686. The number of ether oxygens (including phenoxy) is 1. The third-order valence-electron chi connectivity index (χ3n) is 3.54. The smallest absolute Gasteiger partial charge is 0.338 e. The number of rotatable bonds is 5. The van der Waals surface area contributed by atoms with Crippen molar-refractivity contribution in [2.45, 2.75) is 13.0 Å². The van der Waals surface area contributed by atoms with E-state index in [9.17, 15) is 14.0 Å². The number of nitrogens with one attached hydrogen (secondary N) is 1. The number of aromatic nitrogens is 1. The highest BCUT2D eigenvalue weighted by Gasteiger charge is 2.20. The van der Waals surface area contributed by atoms with Crippen molar-refractivity contribution < 1.29 is 18.7 Å². The van der Waals surface area contributed by atoms with Gasteiger partial charge in [-0.1, -0.05) is 30.3 Å². The molecule has 1 N–H and O–H groups in total. The van der Waals surface area contributed by atoms with Crippen LogP contribution in [0.25, 0.3) is 11.3 Å². The summed E-state index contributed by atoms with van der Waals surface area (Å²) >= 11 is 1.28. The Morgan fingerprint density at radius 1 is 1.12 bits per heavy atom. The summed E-state index contributed by atoms with van der Waals surface area (Å²) in [6.07, 6.45) is -1.02. The first-order valence-corrected chi connectivity index (χ1v) is 8.69. The van der Waals surface area contributed by atoms with Crippen molar-refractivity contribution in [3.63, 3.8) is 0 Å². The molecule has 0 saturated heterocycles. The highest BCUT2D eigenvalue weighted by molar-refractivity contribution is 7.14. The Morgan fingerprint density at radius 3 is 2.50 bits per heavy atom. The summed E-state index contributed by atoms with van der Waals surface area (Å²) in [5.74, 6) is -1.64. The van der Waals surface area contributed by atoms with Gasteiger partial charge in [-0.25, -0.2) is 14.2 Å². The Bertz CT molecular complexity index is 910. The molecule has 1 aromatic heterocycles. The number of anilines is 1. The number of hydrogen-bond acceptors (Lipinski definition) is 5. The van der Waals surface area contributed by atoms with Crippen molar-refractivity contribution >= 4 is 28.3 Å². The van der Waals surface area contributed by atoms with Gasteiger partial charge in [-0.2, -0.15) is 0 Å². The van der Waals surface area contributed by atoms with Gasteiger partial charge in [0.25, 0.3) is 5.91 Å². The van der Waals surface area contributed by atoms with Gasteiger partial charge in [-0.15, -0.1) is 11.3 Å². The average Bonchev–Trinajstić information content (AvgIpc) is 3.11. The molecule has 0 aliphatic rings. The van der Waals surface area contributed by atoms with E-state index in [4.69, 9.17) is 4.74 Å². The largest absolute Gasteiger partial charge is 0.449 e. The lowest BCUT2D eigenvalue weighted by Crippen LogP contribution is -2.29. The molecule has 1 amide bonds. The van der Waals surface area contributed by atoms with Crippen LogP contribution in [0.2, 0.25) is 0 Å². The summed E-state index contributed by atoms with van der Waals surface area (Å²) in [4.78, 5) is 28.5. The van der Waals surface area contributed by atoms with Crippen LogP contribution in [0, 0.1) is 5.82 Å². The number of amides is 1. The lowest BCUT2D eigenvalue weighted by atomic mass is 10.2. The second kappa shape index (κ2) is 7.88. The molecule has 0 saturated carbocycles. The van der Waals surface area contributed by atoms with Gasteiger partial charge in [0.2, 0.25) is 0 Å². The molecule has 26 heavy (non-hydrogen) atoms. The van der Waals surface area contributed by atoms with Crippen LogP contribution in [0.15, 0.2) is 60.0 Å². The summed E-state index contributed by atoms with van der Waals surface area (Å²) in [5.41, 5.74) is 1.87. The minimum absolute atomic E-state index is 0.173. The molecule has 132 valence electrons. The molecule has 0 aliphatic carbocycles. The Morgan fingerprint density at radius 2 is 1.81 bits per heavy atom. The van der Waals surface area contributed by atoms with Crippen molar-refractivity contribution in [3.05, 3.63) is 71.4 Å². The van der Waals surface area contributed by atoms with E-state index in [1.165, 1.54) is 30.4 Å². The number of esters is 1. The maximum Gasteiger partial charge on any atom is 0.338 e. The predicted molar refractivity (Wildman–Crippen MR) is 97.5 cm³/mol. The molecule has 1 atom stereocenters. The molecule has 0 radical (unpaired) electrons. The third kappa shape index (κ3) is 4.31. The molecular formula is C19H15FN2O3S. The number of thiazole rings is 1. The Hall–Kier alpha value is -3.06. The zero-order valence-corrected chi connectivity index (χ0v) is 14.6. The molecule has 0 aliphatic heterocycles. The summed E-state index contributed by atoms with van der Waals surface area (Å²) in [7, 11) is 0. The van der Waals surface area contributed by atoms with E-state index in [2.05, 4.69) is 10.3 Å². The van der Waals surface area contributed by atoms with E-state index >= 15 is 0 Å². The Balaban J connectivity index is 1.60. The molecular weight excluding hydrogens is 355 g/mol. The van der Waals surface area contributed by atoms with Crippen molar-refractivity contribution in [1.29, 1.82) is 0 Å². The van der Waals surface area contributed by atoms with Crippen LogP contribution in [-0.4, -0.2) is 23.0 Å². The maximum atomic E-state index is 12.9. The van der Waals surface area contributed by atoms with Crippen molar-refractivity contribution in [2.24, 2.45) is 0 Å². The first-order valence-electron chi connectivity index (χ1n) is 7.81. The van der Waals surface area contributed by atoms with E-state index in [-0.39, 0.29) is 5.56 Å². The molecule has 0 spiro atoms. The van der Waals surface area contributed by atoms with Crippen molar-refractivity contribution in [1.82, 2.24) is 4.98 Å². The number of halogens is 1. The van der Waals surface area contributed by atoms with Crippen LogP contribution in [-0.2, 0) is 9.53 Å². The first kappa shape index (κ1) is 17.8. The maximum absolute atomic E-state index is 12.9. The van der Waals surface area contributed by atoms with E-state index in [1.807, 2.05) is 35.7 Å². The van der Waals surface area contributed by atoms with E-state index in [0.717, 1.165) is 23.4 Å². The van der Waals surface area contributed by atoms with Crippen LogP contribution in [0.1, 0.15) is 17.3 Å². The fourth-order valence-corrected chi connectivity index (χ4v) is 2.87. The number of benzene rings is 2. The Labute approximate surface area is 153 Å². The topological polar surface area (TPSA) is 68.3 Å². The van der Waals surface area contributed by atoms with Gasteiger partial charge in [0.15, 0.2) is 11.2 Å². The Kier molecular flexibility index (Phi) is 5.38. The van der Waals surface area contributed by atoms with Crippen LogP contribution < -0.4 is 5.32 Å². The SMILES string of the molecule is C[C@H](OC(=O)c1ccc(F)cc1)C(=O)Nc1nc(-c2ccccc2)cs1. The second-order valence-electron chi connectivity index (χ2n) is 5.45. The summed E-state index contributed by atoms with van der Waals surface area (Å²) in [6, 6.07) is 14.5. The minimum Gasteiger partial charge on any atom is -0.449 e. The number of nitrogens with zero attached hydrogens (tertiary/aromatic N) is 1. The third-order valence-corrected chi connectivity index (χ3v) is 4.29. The molecule has 0 bridgehead atoms. The van der Waals surface area contributed by atoms with Gasteiger partial charge < -0.3 is 4.74 Å². The van der Waals surface area contributed by atoms with Crippen molar-refractivity contribution in [3.8, 4) is 11.3 Å². The molecule has 2 aromatic carbocycles. The zero-order chi connectivity index (χ0) is 18.5. The van der Waals surface area contributed by atoms with E-state index in [0.29, 0.717) is 5.13 Å². The number of carbonyl (C=O) groups is 2. The standard InChI is InChI=1S/C19H15FN2O3S/c1-12(25-18(24)14-7-9-15(20)10-8-14)17(23)22-19-21-16(11-26-19)13-5-3-2-4-6-13/h2-12H,1H3,(H,21,22,23)/t12-/m0/s1. The molecule has 3 aromatic rings. The van der Waals surface area contributed by atoms with Crippen LogP contribution in [0.3, 0.4) is 0 Å². The molecule has 0 unspecified atom stereocenters. The van der Waals surface area contributed by atoms with Gasteiger partial charge in [-0.3, -0.25) is 10.1 Å². The minimum atomic E-state index is -1.02. The van der Waals surface area contributed by atoms with E-state index in [1.54, 1.807) is 0 Å². The number of hydrogen-bond donors (Lipinski definition) is 1. The fourth-order valence-electron chi connectivity index (χ4n) is 2.15.